The van der Waals surface area contributed by atoms with Crippen molar-refractivity contribution in [2.75, 3.05) is 12.4 Å². The van der Waals surface area contributed by atoms with Crippen LogP contribution in [-0.2, 0) is 0 Å². The van der Waals surface area contributed by atoms with Gasteiger partial charge in [-0.3, -0.25) is 4.79 Å². The molecule has 0 heterocycles. The van der Waals surface area contributed by atoms with Crippen LogP contribution in [0.4, 0.5) is 4.39 Å². The summed E-state index contributed by atoms with van der Waals surface area (Å²) in [6, 6.07) is 3.81. The fraction of sp³-hybridized carbons (Fsp3) is 0.222. The molecule has 2 nitrogen and oxygen atoms in total. The van der Waals surface area contributed by atoms with E-state index in [-0.39, 0.29) is 11.4 Å². The first-order valence-electron chi connectivity index (χ1n) is 3.94. The van der Waals surface area contributed by atoms with Crippen molar-refractivity contribution in [1.82, 2.24) is 5.32 Å². The van der Waals surface area contributed by atoms with Crippen LogP contribution in [0.15, 0.2) is 18.2 Å². The van der Waals surface area contributed by atoms with Crippen LogP contribution in [0, 0.1) is 5.82 Å². The first-order valence-corrected chi connectivity index (χ1v) is 4.85. The third kappa shape index (κ3) is 2.86. The number of hydrogen-bond acceptors (Lipinski definition) is 1. The fourth-order valence-corrected chi connectivity index (χ4v) is 1.19. The highest BCUT2D eigenvalue weighted by atomic mass is 35.5. The molecule has 0 aromatic heterocycles. The topological polar surface area (TPSA) is 29.1 Å². The lowest BCUT2D eigenvalue weighted by atomic mass is 10.2. The van der Waals surface area contributed by atoms with Gasteiger partial charge in [0.05, 0.1) is 5.56 Å². The highest BCUT2D eigenvalue weighted by Crippen LogP contribution is 2.14. The lowest BCUT2D eigenvalue weighted by molar-refractivity contribution is 0.0952. The second kappa shape index (κ2) is 5.17. The van der Waals surface area contributed by atoms with E-state index < -0.39 is 11.7 Å². The van der Waals surface area contributed by atoms with E-state index in [4.69, 9.17) is 23.2 Å². The number of carbonyl (C=O) groups excluding carboxylic acids is 1. The maximum atomic E-state index is 13.1. The van der Waals surface area contributed by atoms with Gasteiger partial charge in [0.15, 0.2) is 0 Å². The molecule has 0 radical (unpaired) electrons. The van der Waals surface area contributed by atoms with Gasteiger partial charge in [-0.25, -0.2) is 4.39 Å². The molecule has 0 saturated heterocycles. The maximum Gasteiger partial charge on any atom is 0.254 e. The van der Waals surface area contributed by atoms with Gasteiger partial charge in [0.1, 0.15) is 5.82 Å². The zero-order valence-electron chi connectivity index (χ0n) is 7.19. The number of alkyl halides is 1. The molecule has 5 heteroatoms. The standard InChI is InChI=1S/C9H8Cl2FNO/c10-3-4-13-9(14)7-5-6(11)1-2-8(7)12/h1-2,5H,3-4H2,(H,13,14). The van der Waals surface area contributed by atoms with Crippen molar-refractivity contribution in [3.05, 3.63) is 34.6 Å². The van der Waals surface area contributed by atoms with Crippen molar-refractivity contribution in [2.24, 2.45) is 0 Å². The molecule has 0 aliphatic rings. The van der Waals surface area contributed by atoms with Gasteiger partial charge in [0.25, 0.3) is 5.91 Å². The number of benzene rings is 1. The Morgan fingerprint density at radius 2 is 2.21 bits per heavy atom. The quantitative estimate of drug-likeness (QED) is 0.802. The maximum absolute atomic E-state index is 13.1. The van der Waals surface area contributed by atoms with E-state index in [9.17, 15) is 9.18 Å². The number of hydrogen-bond donors (Lipinski definition) is 1. The van der Waals surface area contributed by atoms with Crippen molar-refractivity contribution < 1.29 is 9.18 Å². The summed E-state index contributed by atoms with van der Waals surface area (Å²) >= 11 is 11.0. The monoisotopic (exact) mass is 235 g/mol. The number of nitrogens with one attached hydrogen (secondary N) is 1. The summed E-state index contributed by atoms with van der Waals surface area (Å²) in [5, 5.41) is 2.77. The summed E-state index contributed by atoms with van der Waals surface area (Å²) in [4.78, 5) is 11.3. The van der Waals surface area contributed by atoms with Crippen molar-refractivity contribution in [2.45, 2.75) is 0 Å². The second-order valence-electron chi connectivity index (χ2n) is 2.57. The Hall–Kier alpha value is -0.800. The molecule has 0 aliphatic carbocycles. The first-order chi connectivity index (χ1) is 6.65. The Morgan fingerprint density at radius 3 is 2.86 bits per heavy atom. The van der Waals surface area contributed by atoms with Crippen LogP contribution in [0.5, 0.6) is 0 Å². The van der Waals surface area contributed by atoms with Crippen molar-refractivity contribution >= 4 is 29.1 Å². The summed E-state index contributed by atoms with van der Waals surface area (Å²) in [6.45, 7) is 0.298. The van der Waals surface area contributed by atoms with Crippen LogP contribution in [0.1, 0.15) is 10.4 Å². The van der Waals surface area contributed by atoms with Crippen LogP contribution >= 0.6 is 23.2 Å². The summed E-state index contributed by atoms with van der Waals surface area (Å²) in [5.74, 6) is -0.819. The summed E-state index contributed by atoms with van der Waals surface area (Å²) in [6.07, 6.45) is 0. The molecule has 0 atom stereocenters. The Kier molecular flexibility index (Phi) is 4.17. The minimum Gasteiger partial charge on any atom is -0.351 e. The van der Waals surface area contributed by atoms with E-state index in [1.54, 1.807) is 0 Å². The molecule has 1 N–H and O–H groups in total. The van der Waals surface area contributed by atoms with E-state index in [0.29, 0.717) is 11.6 Å². The highest BCUT2D eigenvalue weighted by molar-refractivity contribution is 6.31. The molecule has 0 aliphatic heterocycles. The third-order valence-corrected chi connectivity index (χ3v) is 1.98. The Morgan fingerprint density at radius 1 is 1.50 bits per heavy atom. The number of halogens is 3. The lowest BCUT2D eigenvalue weighted by Gasteiger charge is -2.04. The van der Waals surface area contributed by atoms with Gasteiger partial charge in [0, 0.05) is 17.4 Å². The van der Waals surface area contributed by atoms with Gasteiger partial charge in [-0.2, -0.15) is 0 Å². The lowest BCUT2D eigenvalue weighted by Crippen LogP contribution is -2.26. The van der Waals surface area contributed by atoms with Gasteiger partial charge in [0.2, 0.25) is 0 Å². The highest BCUT2D eigenvalue weighted by Gasteiger charge is 2.10. The minimum atomic E-state index is -0.596. The number of carbonyl (C=O) groups is 1. The van der Waals surface area contributed by atoms with Crippen LogP contribution in [0.2, 0.25) is 5.02 Å². The zero-order valence-corrected chi connectivity index (χ0v) is 8.70. The second-order valence-corrected chi connectivity index (χ2v) is 3.38. The normalized spacial score (nSPS) is 9.93. The van der Waals surface area contributed by atoms with Gasteiger partial charge in [-0.1, -0.05) is 11.6 Å². The van der Waals surface area contributed by atoms with E-state index in [1.165, 1.54) is 12.1 Å². The van der Waals surface area contributed by atoms with Gasteiger partial charge >= 0.3 is 0 Å². The van der Waals surface area contributed by atoms with Crippen LogP contribution in [-0.4, -0.2) is 18.3 Å². The average molecular weight is 236 g/mol. The summed E-state index contributed by atoms with van der Waals surface area (Å²) in [5.41, 5.74) is -0.0670. The summed E-state index contributed by atoms with van der Waals surface area (Å²) in [7, 11) is 0. The molecule has 0 saturated carbocycles. The molecule has 1 aromatic carbocycles. The molecule has 1 aromatic rings. The molecule has 0 spiro atoms. The van der Waals surface area contributed by atoms with Crippen LogP contribution < -0.4 is 5.32 Å². The molecule has 76 valence electrons. The molecule has 14 heavy (non-hydrogen) atoms. The fourth-order valence-electron chi connectivity index (χ4n) is 0.928. The molecular weight excluding hydrogens is 228 g/mol. The largest absolute Gasteiger partial charge is 0.351 e. The van der Waals surface area contributed by atoms with E-state index >= 15 is 0 Å². The Bertz CT molecular complexity index is 344. The Balaban J connectivity index is 2.83. The third-order valence-electron chi connectivity index (χ3n) is 1.55. The minimum absolute atomic E-state index is 0.0670. The van der Waals surface area contributed by atoms with E-state index in [2.05, 4.69) is 5.32 Å². The van der Waals surface area contributed by atoms with Crippen molar-refractivity contribution in [1.29, 1.82) is 0 Å². The molecule has 0 fully saturated rings. The van der Waals surface area contributed by atoms with Gasteiger partial charge < -0.3 is 5.32 Å². The van der Waals surface area contributed by atoms with Crippen LogP contribution in [0.3, 0.4) is 0 Å². The van der Waals surface area contributed by atoms with Crippen molar-refractivity contribution in [3.63, 3.8) is 0 Å². The molecule has 1 rings (SSSR count). The molecule has 1 amide bonds. The smallest absolute Gasteiger partial charge is 0.254 e. The van der Waals surface area contributed by atoms with Crippen LogP contribution in [0.25, 0.3) is 0 Å². The number of amides is 1. The first kappa shape index (κ1) is 11.3. The van der Waals surface area contributed by atoms with E-state index in [0.717, 1.165) is 6.07 Å². The predicted octanol–water partition coefficient (Wildman–Crippen LogP) is 2.45. The SMILES string of the molecule is O=C(NCCCl)c1cc(Cl)ccc1F. The van der Waals surface area contributed by atoms with Gasteiger partial charge in [-0.05, 0) is 18.2 Å². The molecule has 0 unspecified atom stereocenters. The average Bonchev–Trinajstić information content (AvgIpc) is 2.18. The van der Waals surface area contributed by atoms with E-state index in [1.807, 2.05) is 0 Å². The summed E-state index contributed by atoms with van der Waals surface area (Å²) < 4.78 is 13.1. The zero-order chi connectivity index (χ0) is 10.6. The molecular formula is C9H8Cl2FNO. The molecule has 0 bridgehead atoms. The Labute approximate surface area is 91.0 Å². The van der Waals surface area contributed by atoms with Crippen molar-refractivity contribution in [3.8, 4) is 0 Å². The number of rotatable bonds is 3. The van der Waals surface area contributed by atoms with Gasteiger partial charge in [-0.15, -0.1) is 11.6 Å². The predicted molar refractivity (Wildman–Crippen MR) is 54.5 cm³/mol.